The maximum absolute atomic E-state index is 11.8. The van der Waals surface area contributed by atoms with Crippen LogP contribution < -0.4 is 5.32 Å². The van der Waals surface area contributed by atoms with E-state index in [2.05, 4.69) is 5.32 Å². The van der Waals surface area contributed by atoms with E-state index >= 15 is 0 Å². The first-order valence-corrected chi connectivity index (χ1v) is 5.33. The van der Waals surface area contributed by atoms with E-state index in [9.17, 15) is 4.79 Å². The molecule has 1 rings (SSSR count). The monoisotopic (exact) mass is 239 g/mol. The first-order chi connectivity index (χ1) is 8.19. The molecule has 0 saturated carbocycles. The van der Waals surface area contributed by atoms with E-state index in [0.717, 1.165) is 5.56 Å². The molecule has 1 unspecified atom stereocenters. The zero-order chi connectivity index (χ0) is 12.7. The van der Waals surface area contributed by atoms with Crippen LogP contribution in [-0.4, -0.2) is 42.5 Å². The molecule has 0 spiro atoms. The summed E-state index contributed by atoms with van der Waals surface area (Å²) in [5.74, 6) is -0.287. The summed E-state index contributed by atoms with van der Waals surface area (Å²) in [4.78, 5) is 11.8. The van der Waals surface area contributed by atoms with Crippen molar-refractivity contribution in [3.8, 4) is 0 Å². The second kappa shape index (κ2) is 7.01. The molecule has 0 saturated heterocycles. The summed E-state index contributed by atoms with van der Waals surface area (Å²) in [5, 5.41) is 20.3. The van der Waals surface area contributed by atoms with Crippen molar-refractivity contribution in [1.82, 2.24) is 5.32 Å². The van der Waals surface area contributed by atoms with Gasteiger partial charge in [-0.3, -0.25) is 4.79 Å². The summed E-state index contributed by atoms with van der Waals surface area (Å²) < 4.78 is 5.00. The van der Waals surface area contributed by atoms with Gasteiger partial charge in [-0.05, 0) is 11.6 Å². The van der Waals surface area contributed by atoms with E-state index in [1.54, 1.807) is 25.3 Å². The zero-order valence-corrected chi connectivity index (χ0v) is 9.72. The number of ether oxygens (including phenoxy) is 1. The number of nitrogens with one attached hydrogen (secondary N) is 1. The van der Waals surface area contributed by atoms with Crippen LogP contribution >= 0.6 is 0 Å². The summed E-state index contributed by atoms with van der Waals surface area (Å²) in [6.07, 6.45) is -0.937. The molecule has 0 fully saturated rings. The summed E-state index contributed by atoms with van der Waals surface area (Å²) in [6, 6.07) is 7.08. The Hall–Kier alpha value is -1.43. The number of rotatable bonds is 6. The average molecular weight is 239 g/mol. The summed E-state index contributed by atoms with van der Waals surface area (Å²) in [6.45, 7) is 0.00277. The van der Waals surface area contributed by atoms with Gasteiger partial charge in [0.2, 0.25) is 0 Å². The second-order valence-electron chi connectivity index (χ2n) is 3.64. The van der Waals surface area contributed by atoms with Gasteiger partial charge in [0.05, 0.1) is 19.3 Å². The van der Waals surface area contributed by atoms with Crippen molar-refractivity contribution in [3.63, 3.8) is 0 Å². The second-order valence-corrected chi connectivity index (χ2v) is 3.64. The van der Waals surface area contributed by atoms with Gasteiger partial charge in [0, 0.05) is 19.2 Å². The normalized spacial score (nSPS) is 12.2. The summed E-state index contributed by atoms with van der Waals surface area (Å²) >= 11 is 0. The maximum atomic E-state index is 11.8. The minimum absolute atomic E-state index is 0.0245. The number of aliphatic hydroxyl groups is 2. The number of hydrogen-bond donors (Lipinski definition) is 3. The largest absolute Gasteiger partial charge is 0.394 e. The highest BCUT2D eigenvalue weighted by molar-refractivity contribution is 5.95. The van der Waals surface area contributed by atoms with Crippen molar-refractivity contribution >= 4 is 5.91 Å². The highest BCUT2D eigenvalue weighted by Gasteiger charge is 2.11. The lowest BCUT2D eigenvalue weighted by atomic mass is 10.1. The fourth-order valence-corrected chi connectivity index (χ4v) is 1.39. The number of hydrogen-bond acceptors (Lipinski definition) is 4. The van der Waals surface area contributed by atoms with Gasteiger partial charge in [0.25, 0.3) is 5.91 Å². The van der Waals surface area contributed by atoms with E-state index in [4.69, 9.17) is 14.9 Å². The predicted octanol–water partition coefficient (Wildman–Crippen LogP) is -0.0840. The molecule has 0 bridgehead atoms. The lowest BCUT2D eigenvalue weighted by molar-refractivity contribution is 0.0799. The van der Waals surface area contributed by atoms with Gasteiger partial charge in [-0.15, -0.1) is 0 Å². The molecule has 1 aromatic carbocycles. The molecular weight excluding hydrogens is 222 g/mol. The first-order valence-electron chi connectivity index (χ1n) is 5.33. The zero-order valence-electron chi connectivity index (χ0n) is 9.72. The van der Waals surface area contributed by atoms with E-state index in [0.29, 0.717) is 12.2 Å². The molecule has 0 heterocycles. The van der Waals surface area contributed by atoms with Crippen molar-refractivity contribution in [2.75, 3.05) is 20.3 Å². The molecule has 5 heteroatoms. The molecule has 1 aromatic rings. The van der Waals surface area contributed by atoms with Crippen molar-refractivity contribution in [2.45, 2.75) is 12.7 Å². The Morgan fingerprint density at radius 1 is 1.47 bits per heavy atom. The Kier molecular flexibility index (Phi) is 5.62. The van der Waals surface area contributed by atoms with Crippen molar-refractivity contribution in [1.29, 1.82) is 0 Å². The van der Waals surface area contributed by atoms with Gasteiger partial charge in [0.15, 0.2) is 0 Å². The van der Waals surface area contributed by atoms with Gasteiger partial charge < -0.3 is 20.3 Å². The lowest BCUT2D eigenvalue weighted by Crippen LogP contribution is -2.34. The number of benzene rings is 1. The molecule has 0 aromatic heterocycles. The Labute approximate surface area is 100 Å². The lowest BCUT2D eigenvalue weighted by Gasteiger charge is -2.11. The van der Waals surface area contributed by atoms with Crippen LogP contribution in [0.1, 0.15) is 15.9 Å². The standard InChI is InChI=1S/C12H17NO4/c1-17-8-9-4-2-3-5-11(9)12(16)13-6-10(15)7-14/h2-5,10,14-15H,6-8H2,1H3,(H,13,16). The third-order valence-corrected chi connectivity index (χ3v) is 2.27. The Morgan fingerprint density at radius 3 is 2.82 bits per heavy atom. The number of carbonyl (C=O) groups excluding carboxylic acids is 1. The quantitative estimate of drug-likeness (QED) is 0.648. The van der Waals surface area contributed by atoms with Crippen molar-refractivity contribution in [2.24, 2.45) is 0 Å². The molecule has 1 atom stereocenters. The van der Waals surface area contributed by atoms with E-state index < -0.39 is 6.10 Å². The molecular formula is C12H17NO4. The number of methoxy groups -OCH3 is 1. The molecule has 0 aliphatic rings. The van der Waals surface area contributed by atoms with Crippen LogP contribution in [0.25, 0.3) is 0 Å². The van der Waals surface area contributed by atoms with Crippen LogP contribution in [0.15, 0.2) is 24.3 Å². The van der Waals surface area contributed by atoms with E-state index in [1.165, 1.54) is 0 Å². The average Bonchev–Trinajstić information content (AvgIpc) is 2.36. The smallest absolute Gasteiger partial charge is 0.251 e. The van der Waals surface area contributed by atoms with Crippen LogP contribution in [0.4, 0.5) is 0 Å². The molecule has 17 heavy (non-hydrogen) atoms. The minimum Gasteiger partial charge on any atom is -0.394 e. The molecule has 0 radical (unpaired) electrons. The Morgan fingerprint density at radius 2 is 2.18 bits per heavy atom. The van der Waals surface area contributed by atoms with Gasteiger partial charge in [-0.25, -0.2) is 0 Å². The molecule has 1 amide bonds. The highest BCUT2D eigenvalue weighted by Crippen LogP contribution is 2.09. The first kappa shape index (κ1) is 13.6. The predicted molar refractivity (Wildman–Crippen MR) is 62.6 cm³/mol. The van der Waals surface area contributed by atoms with Crippen LogP contribution in [0.3, 0.4) is 0 Å². The number of aliphatic hydroxyl groups excluding tert-OH is 2. The molecule has 94 valence electrons. The topological polar surface area (TPSA) is 78.8 Å². The van der Waals surface area contributed by atoms with Gasteiger partial charge in [0.1, 0.15) is 0 Å². The van der Waals surface area contributed by atoms with Gasteiger partial charge in [-0.2, -0.15) is 0 Å². The van der Waals surface area contributed by atoms with E-state index in [-0.39, 0.29) is 19.1 Å². The number of carbonyl (C=O) groups is 1. The Bertz CT molecular complexity index is 367. The van der Waals surface area contributed by atoms with Crippen LogP contribution in [0.2, 0.25) is 0 Å². The Balaban J connectivity index is 2.67. The SMILES string of the molecule is COCc1ccccc1C(=O)NCC(O)CO. The van der Waals surface area contributed by atoms with Crippen molar-refractivity contribution in [3.05, 3.63) is 35.4 Å². The van der Waals surface area contributed by atoms with Crippen molar-refractivity contribution < 1.29 is 19.7 Å². The molecule has 5 nitrogen and oxygen atoms in total. The molecule has 3 N–H and O–H groups in total. The summed E-state index contributed by atoms with van der Waals surface area (Å²) in [5.41, 5.74) is 1.30. The van der Waals surface area contributed by atoms with Crippen LogP contribution in [0.5, 0.6) is 0 Å². The third-order valence-electron chi connectivity index (χ3n) is 2.27. The maximum Gasteiger partial charge on any atom is 0.251 e. The fourth-order valence-electron chi connectivity index (χ4n) is 1.39. The third kappa shape index (κ3) is 4.14. The molecule has 0 aliphatic heterocycles. The van der Waals surface area contributed by atoms with Crippen LogP contribution in [0, 0.1) is 0 Å². The van der Waals surface area contributed by atoms with Gasteiger partial charge in [-0.1, -0.05) is 18.2 Å². The van der Waals surface area contributed by atoms with Crippen LogP contribution in [-0.2, 0) is 11.3 Å². The van der Waals surface area contributed by atoms with Gasteiger partial charge >= 0.3 is 0 Å². The fraction of sp³-hybridized carbons (Fsp3) is 0.417. The molecule has 0 aliphatic carbocycles. The number of amides is 1. The minimum atomic E-state index is -0.937. The highest BCUT2D eigenvalue weighted by atomic mass is 16.5. The van der Waals surface area contributed by atoms with E-state index in [1.807, 2.05) is 6.07 Å². The summed E-state index contributed by atoms with van der Waals surface area (Å²) in [7, 11) is 1.56.